The molecule has 126 valence electrons. The molecule has 0 aliphatic heterocycles. The van der Waals surface area contributed by atoms with Gasteiger partial charge in [-0.05, 0) is 25.5 Å². The number of nitrogens with zero attached hydrogens (tertiary/aromatic N) is 4. The van der Waals surface area contributed by atoms with Gasteiger partial charge in [0.05, 0.1) is 15.6 Å². The molecule has 0 aliphatic rings. The van der Waals surface area contributed by atoms with Crippen LogP contribution in [0.1, 0.15) is 20.3 Å². The van der Waals surface area contributed by atoms with Crippen LogP contribution >= 0.6 is 46.4 Å². The van der Waals surface area contributed by atoms with Crippen LogP contribution in [0.4, 0.5) is 5.82 Å². The highest BCUT2D eigenvalue weighted by Gasteiger charge is 2.23. The van der Waals surface area contributed by atoms with Crippen molar-refractivity contribution in [1.29, 1.82) is 0 Å². The van der Waals surface area contributed by atoms with Crippen molar-refractivity contribution in [2.24, 2.45) is 0 Å². The molecule has 24 heavy (non-hydrogen) atoms. The molecule has 0 spiro atoms. The summed E-state index contributed by atoms with van der Waals surface area (Å²) < 4.78 is 1.58. The Kier molecular flexibility index (Phi) is 5.06. The predicted octanol–water partition coefficient (Wildman–Crippen LogP) is 5.62. The van der Waals surface area contributed by atoms with Gasteiger partial charge in [0.15, 0.2) is 0 Å². The molecule has 3 rings (SSSR count). The molecule has 5 nitrogen and oxygen atoms in total. The molecule has 0 radical (unpaired) electrons. The van der Waals surface area contributed by atoms with Crippen LogP contribution < -0.4 is 5.32 Å². The standard InChI is InChI=1S/C15H13Cl4N5/c1-3-7(2)22-14-12(11-9(17)4-8(16)5-10(11)18)13(19)23-15-20-6-21-24(14)15/h4-7,22H,3H2,1-2H3. The molecule has 0 aliphatic carbocycles. The maximum atomic E-state index is 6.43. The van der Waals surface area contributed by atoms with E-state index in [1.54, 1.807) is 16.6 Å². The second-order valence-corrected chi connectivity index (χ2v) is 6.90. The monoisotopic (exact) mass is 403 g/mol. The van der Waals surface area contributed by atoms with Gasteiger partial charge in [0.1, 0.15) is 17.3 Å². The molecule has 0 fully saturated rings. The Balaban J connectivity index is 2.35. The summed E-state index contributed by atoms with van der Waals surface area (Å²) in [5.41, 5.74) is 1.10. The van der Waals surface area contributed by atoms with Crippen LogP contribution in [0.15, 0.2) is 18.5 Å². The van der Waals surface area contributed by atoms with Gasteiger partial charge in [-0.1, -0.05) is 53.3 Å². The van der Waals surface area contributed by atoms with E-state index in [9.17, 15) is 0 Å². The Labute approximate surface area is 158 Å². The van der Waals surface area contributed by atoms with E-state index in [0.717, 1.165) is 6.42 Å². The van der Waals surface area contributed by atoms with Gasteiger partial charge >= 0.3 is 0 Å². The second kappa shape index (κ2) is 6.92. The summed E-state index contributed by atoms with van der Waals surface area (Å²) in [5.74, 6) is 1.01. The van der Waals surface area contributed by atoms with Crippen LogP contribution in [0.5, 0.6) is 0 Å². The van der Waals surface area contributed by atoms with E-state index in [1.807, 2.05) is 6.92 Å². The van der Waals surface area contributed by atoms with E-state index in [0.29, 0.717) is 37.8 Å². The van der Waals surface area contributed by atoms with Crippen molar-refractivity contribution in [2.75, 3.05) is 5.32 Å². The fourth-order valence-electron chi connectivity index (χ4n) is 2.29. The van der Waals surface area contributed by atoms with Crippen LogP contribution in [0, 0.1) is 0 Å². The number of benzene rings is 1. The fourth-order valence-corrected chi connectivity index (χ4v) is 3.55. The molecular weight excluding hydrogens is 392 g/mol. The van der Waals surface area contributed by atoms with Gasteiger partial charge in [0, 0.05) is 16.6 Å². The Bertz CT molecular complexity index is 885. The van der Waals surface area contributed by atoms with E-state index in [1.165, 1.54) is 6.33 Å². The average molecular weight is 405 g/mol. The fraction of sp³-hybridized carbons (Fsp3) is 0.267. The van der Waals surface area contributed by atoms with Gasteiger partial charge in [0.2, 0.25) is 0 Å². The van der Waals surface area contributed by atoms with Crippen molar-refractivity contribution in [1.82, 2.24) is 19.6 Å². The van der Waals surface area contributed by atoms with Gasteiger partial charge in [0.25, 0.3) is 5.78 Å². The van der Waals surface area contributed by atoms with E-state index in [2.05, 4.69) is 27.3 Å². The third-order valence-electron chi connectivity index (χ3n) is 3.64. The third kappa shape index (κ3) is 3.14. The average Bonchev–Trinajstić information content (AvgIpc) is 2.96. The van der Waals surface area contributed by atoms with Gasteiger partial charge < -0.3 is 5.32 Å². The molecule has 0 bridgehead atoms. The topological polar surface area (TPSA) is 55.1 Å². The summed E-state index contributed by atoms with van der Waals surface area (Å²) in [5, 5.41) is 9.03. The van der Waals surface area contributed by atoms with E-state index >= 15 is 0 Å². The molecule has 1 unspecified atom stereocenters. The minimum atomic E-state index is 0.166. The number of halogens is 4. The molecule has 2 heterocycles. The Morgan fingerprint density at radius 3 is 2.42 bits per heavy atom. The van der Waals surface area contributed by atoms with E-state index in [4.69, 9.17) is 46.4 Å². The van der Waals surface area contributed by atoms with Crippen LogP contribution in [-0.4, -0.2) is 25.6 Å². The lowest BCUT2D eigenvalue weighted by Gasteiger charge is -2.19. The van der Waals surface area contributed by atoms with E-state index < -0.39 is 0 Å². The molecule has 0 amide bonds. The first-order valence-electron chi connectivity index (χ1n) is 7.23. The zero-order chi connectivity index (χ0) is 17.4. The van der Waals surface area contributed by atoms with Crippen LogP contribution in [-0.2, 0) is 0 Å². The van der Waals surface area contributed by atoms with Crippen molar-refractivity contribution in [3.8, 4) is 11.1 Å². The highest BCUT2D eigenvalue weighted by Crippen LogP contribution is 2.43. The highest BCUT2D eigenvalue weighted by atomic mass is 35.5. The number of hydrogen-bond acceptors (Lipinski definition) is 4. The highest BCUT2D eigenvalue weighted by molar-refractivity contribution is 6.43. The van der Waals surface area contributed by atoms with Crippen molar-refractivity contribution in [3.05, 3.63) is 38.7 Å². The molecule has 0 saturated heterocycles. The summed E-state index contributed by atoms with van der Waals surface area (Å²) in [6.07, 6.45) is 2.31. The van der Waals surface area contributed by atoms with Crippen molar-refractivity contribution in [2.45, 2.75) is 26.3 Å². The first kappa shape index (κ1) is 17.5. The maximum absolute atomic E-state index is 6.43. The zero-order valence-corrected chi connectivity index (χ0v) is 15.8. The Morgan fingerprint density at radius 1 is 1.12 bits per heavy atom. The first-order valence-corrected chi connectivity index (χ1v) is 8.74. The molecule has 1 atom stereocenters. The lowest BCUT2D eigenvalue weighted by molar-refractivity contribution is 0.749. The summed E-state index contributed by atoms with van der Waals surface area (Å²) in [7, 11) is 0. The normalized spacial score (nSPS) is 12.6. The smallest absolute Gasteiger partial charge is 0.255 e. The predicted molar refractivity (Wildman–Crippen MR) is 99.6 cm³/mol. The van der Waals surface area contributed by atoms with Gasteiger partial charge in [-0.3, -0.25) is 0 Å². The Morgan fingerprint density at radius 2 is 1.79 bits per heavy atom. The van der Waals surface area contributed by atoms with Crippen LogP contribution in [0.25, 0.3) is 16.9 Å². The zero-order valence-electron chi connectivity index (χ0n) is 12.8. The first-order chi connectivity index (χ1) is 11.4. The molecule has 1 aromatic carbocycles. The van der Waals surface area contributed by atoms with Crippen molar-refractivity contribution >= 4 is 58.0 Å². The molecule has 3 aromatic rings. The van der Waals surface area contributed by atoms with Gasteiger partial charge in [-0.25, -0.2) is 0 Å². The van der Waals surface area contributed by atoms with Gasteiger partial charge in [-0.2, -0.15) is 19.6 Å². The molecule has 1 N–H and O–H groups in total. The van der Waals surface area contributed by atoms with Gasteiger partial charge in [-0.15, -0.1) is 0 Å². The van der Waals surface area contributed by atoms with Crippen LogP contribution in [0.3, 0.4) is 0 Å². The number of aromatic nitrogens is 4. The summed E-state index contributed by atoms with van der Waals surface area (Å²) in [6.45, 7) is 4.12. The lowest BCUT2D eigenvalue weighted by atomic mass is 10.1. The Hall–Kier alpha value is -1.27. The quantitative estimate of drug-likeness (QED) is 0.573. The minimum Gasteiger partial charge on any atom is -0.367 e. The van der Waals surface area contributed by atoms with E-state index in [-0.39, 0.29) is 11.2 Å². The largest absolute Gasteiger partial charge is 0.367 e. The van der Waals surface area contributed by atoms with Crippen molar-refractivity contribution < 1.29 is 0 Å². The maximum Gasteiger partial charge on any atom is 0.255 e. The number of rotatable bonds is 4. The number of nitrogens with one attached hydrogen (secondary N) is 1. The third-order valence-corrected chi connectivity index (χ3v) is 4.72. The summed E-state index contributed by atoms with van der Waals surface area (Å²) >= 11 is 25.2. The summed E-state index contributed by atoms with van der Waals surface area (Å²) in [4.78, 5) is 8.37. The molecule has 9 heteroatoms. The molecule has 2 aromatic heterocycles. The minimum absolute atomic E-state index is 0.166. The number of hydrogen-bond donors (Lipinski definition) is 1. The SMILES string of the molecule is CCC(C)Nc1c(-c2c(Cl)cc(Cl)cc2Cl)c(Cl)nc2ncnn12. The molecule has 0 saturated carbocycles. The van der Waals surface area contributed by atoms with Crippen molar-refractivity contribution in [3.63, 3.8) is 0 Å². The number of anilines is 1. The summed E-state index contributed by atoms with van der Waals surface area (Å²) in [6, 6.07) is 3.39. The number of fused-ring (bicyclic) bond motifs is 1. The van der Waals surface area contributed by atoms with Crippen LogP contribution in [0.2, 0.25) is 20.2 Å². The molecular formula is C15H13Cl4N5. The lowest BCUT2D eigenvalue weighted by Crippen LogP contribution is -2.18. The second-order valence-electron chi connectivity index (χ2n) is 5.30.